The highest BCUT2D eigenvalue weighted by Crippen LogP contribution is 2.39. The first-order valence-electron chi connectivity index (χ1n) is 5.05. The summed E-state index contributed by atoms with van der Waals surface area (Å²) in [6, 6.07) is 0. The van der Waals surface area contributed by atoms with E-state index in [0.29, 0.717) is 25.7 Å². The zero-order chi connectivity index (χ0) is 9.54. The van der Waals surface area contributed by atoms with Gasteiger partial charge in [-0.3, -0.25) is 0 Å². The van der Waals surface area contributed by atoms with Crippen molar-refractivity contribution < 1.29 is 4.74 Å². The Morgan fingerprint density at radius 2 is 2.14 bits per heavy atom. The van der Waals surface area contributed by atoms with Crippen molar-refractivity contribution in [3.05, 3.63) is 22.8 Å². The molecule has 0 spiro atoms. The number of rotatable bonds is 2. The predicted octanol–water partition coefficient (Wildman–Crippen LogP) is 0.843. The summed E-state index contributed by atoms with van der Waals surface area (Å²) in [5.74, 6) is 1.57. The van der Waals surface area contributed by atoms with Crippen molar-refractivity contribution in [3.63, 3.8) is 0 Å². The fraction of sp³-hybridized carbons (Fsp3) is 0.600. The molecule has 0 radical (unpaired) electrons. The summed E-state index contributed by atoms with van der Waals surface area (Å²) in [7, 11) is 0. The standard InChI is InChI=1S/C10H13N3O/c11-3-8-7-4-14-5-9(7)13-10(12-8)6-1-2-6/h6H,1-5,11H2. The van der Waals surface area contributed by atoms with Crippen LogP contribution in [0.15, 0.2) is 0 Å². The van der Waals surface area contributed by atoms with Crippen molar-refractivity contribution in [2.75, 3.05) is 0 Å². The minimum Gasteiger partial charge on any atom is -0.370 e. The molecule has 1 saturated carbocycles. The van der Waals surface area contributed by atoms with Gasteiger partial charge in [0.15, 0.2) is 0 Å². The fourth-order valence-corrected chi connectivity index (χ4v) is 1.83. The van der Waals surface area contributed by atoms with E-state index < -0.39 is 0 Å². The molecule has 1 aromatic heterocycles. The van der Waals surface area contributed by atoms with E-state index in [2.05, 4.69) is 9.97 Å². The highest BCUT2D eigenvalue weighted by molar-refractivity contribution is 5.28. The third kappa shape index (κ3) is 1.22. The molecule has 1 aliphatic carbocycles. The van der Waals surface area contributed by atoms with Gasteiger partial charge in [0.2, 0.25) is 0 Å². The first kappa shape index (κ1) is 8.32. The SMILES string of the molecule is NCc1nc(C2CC2)nc2c1COC2. The van der Waals surface area contributed by atoms with Crippen LogP contribution in [0.2, 0.25) is 0 Å². The zero-order valence-corrected chi connectivity index (χ0v) is 7.99. The topological polar surface area (TPSA) is 61.0 Å². The maximum absolute atomic E-state index is 5.67. The smallest absolute Gasteiger partial charge is 0.132 e. The Hall–Kier alpha value is -1.00. The molecule has 2 aliphatic rings. The van der Waals surface area contributed by atoms with Gasteiger partial charge in [0.1, 0.15) is 5.82 Å². The first-order valence-corrected chi connectivity index (χ1v) is 5.05. The van der Waals surface area contributed by atoms with E-state index in [1.165, 1.54) is 12.8 Å². The summed E-state index contributed by atoms with van der Waals surface area (Å²) in [6.45, 7) is 1.76. The maximum Gasteiger partial charge on any atom is 0.132 e. The largest absolute Gasteiger partial charge is 0.370 e. The van der Waals surface area contributed by atoms with Gasteiger partial charge in [0, 0.05) is 18.0 Å². The number of nitrogens with two attached hydrogens (primary N) is 1. The van der Waals surface area contributed by atoms with Crippen LogP contribution in [0.3, 0.4) is 0 Å². The molecular formula is C10H13N3O. The summed E-state index contributed by atoms with van der Waals surface area (Å²) in [5.41, 5.74) is 8.83. The van der Waals surface area contributed by atoms with Gasteiger partial charge in [0.05, 0.1) is 24.6 Å². The van der Waals surface area contributed by atoms with Crippen molar-refractivity contribution in [1.29, 1.82) is 0 Å². The van der Waals surface area contributed by atoms with Crippen molar-refractivity contribution in [3.8, 4) is 0 Å². The van der Waals surface area contributed by atoms with Crippen LogP contribution in [0.4, 0.5) is 0 Å². The lowest BCUT2D eigenvalue weighted by Gasteiger charge is -2.06. The average Bonchev–Trinajstić information content (AvgIpc) is 2.95. The second-order valence-electron chi connectivity index (χ2n) is 3.92. The fourth-order valence-electron chi connectivity index (χ4n) is 1.83. The van der Waals surface area contributed by atoms with Gasteiger partial charge in [-0.05, 0) is 12.8 Å². The van der Waals surface area contributed by atoms with Gasteiger partial charge in [-0.15, -0.1) is 0 Å². The van der Waals surface area contributed by atoms with E-state index in [1.807, 2.05) is 0 Å². The van der Waals surface area contributed by atoms with Gasteiger partial charge in [-0.25, -0.2) is 9.97 Å². The van der Waals surface area contributed by atoms with Crippen molar-refractivity contribution in [1.82, 2.24) is 9.97 Å². The number of fused-ring (bicyclic) bond motifs is 1. The minimum absolute atomic E-state index is 0.494. The van der Waals surface area contributed by atoms with Crippen LogP contribution in [-0.2, 0) is 24.5 Å². The van der Waals surface area contributed by atoms with Gasteiger partial charge in [-0.2, -0.15) is 0 Å². The predicted molar refractivity (Wildman–Crippen MR) is 50.4 cm³/mol. The molecule has 74 valence electrons. The van der Waals surface area contributed by atoms with Gasteiger partial charge in [-0.1, -0.05) is 0 Å². The molecule has 1 fully saturated rings. The normalized spacial score (nSPS) is 19.8. The van der Waals surface area contributed by atoms with E-state index in [4.69, 9.17) is 10.5 Å². The van der Waals surface area contributed by atoms with Crippen molar-refractivity contribution in [2.45, 2.75) is 38.5 Å². The molecule has 4 heteroatoms. The highest BCUT2D eigenvalue weighted by atomic mass is 16.5. The van der Waals surface area contributed by atoms with Crippen molar-refractivity contribution in [2.24, 2.45) is 5.73 Å². The molecule has 1 aliphatic heterocycles. The Bertz CT molecular complexity index is 374. The molecule has 1 aromatic rings. The van der Waals surface area contributed by atoms with Gasteiger partial charge < -0.3 is 10.5 Å². The van der Waals surface area contributed by atoms with E-state index in [1.54, 1.807) is 0 Å². The quantitative estimate of drug-likeness (QED) is 0.752. The average molecular weight is 191 g/mol. The molecule has 2 heterocycles. The lowest BCUT2D eigenvalue weighted by atomic mass is 10.2. The van der Waals surface area contributed by atoms with Gasteiger partial charge >= 0.3 is 0 Å². The first-order chi connectivity index (χ1) is 6.88. The van der Waals surface area contributed by atoms with Crippen LogP contribution in [-0.4, -0.2) is 9.97 Å². The van der Waals surface area contributed by atoms with Crippen LogP contribution in [0.25, 0.3) is 0 Å². The zero-order valence-electron chi connectivity index (χ0n) is 7.99. The van der Waals surface area contributed by atoms with Crippen LogP contribution >= 0.6 is 0 Å². The Labute approximate surface area is 82.5 Å². The molecular weight excluding hydrogens is 178 g/mol. The third-order valence-corrected chi connectivity index (χ3v) is 2.82. The molecule has 0 unspecified atom stereocenters. The minimum atomic E-state index is 0.494. The lowest BCUT2D eigenvalue weighted by Crippen LogP contribution is -2.09. The molecule has 4 nitrogen and oxygen atoms in total. The second-order valence-corrected chi connectivity index (χ2v) is 3.92. The summed E-state index contributed by atoms with van der Waals surface area (Å²) in [4.78, 5) is 9.04. The summed E-state index contributed by atoms with van der Waals surface area (Å²) >= 11 is 0. The van der Waals surface area contributed by atoms with E-state index in [0.717, 1.165) is 22.8 Å². The van der Waals surface area contributed by atoms with Crippen LogP contribution < -0.4 is 5.73 Å². The second kappa shape index (κ2) is 3.00. The van der Waals surface area contributed by atoms with E-state index in [-0.39, 0.29) is 0 Å². The molecule has 14 heavy (non-hydrogen) atoms. The van der Waals surface area contributed by atoms with Crippen LogP contribution in [0, 0.1) is 0 Å². The Kier molecular flexibility index (Phi) is 1.78. The van der Waals surface area contributed by atoms with E-state index in [9.17, 15) is 0 Å². The Balaban J connectivity index is 2.08. The monoisotopic (exact) mass is 191 g/mol. The number of hydrogen-bond acceptors (Lipinski definition) is 4. The highest BCUT2D eigenvalue weighted by Gasteiger charge is 2.29. The van der Waals surface area contributed by atoms with E-state index >= 15 is 0 Å². The maximum atomic E-state index is 5.67. The number of hydrogen-bond donors (Lipinski definition) is 1. The summed E-state index contributed by atoms with van der Waals surface area (Å²) in [6.07, 6.45) is 2.45. The molecule has 0 saturated heterocycles. The molecule has 0 amide bonds. The van der Waals surface area contributed by atoms with Gasteiger partial charge in [0.25, 0.3) is 0 Å². The Morgan fingerprint density at radius 3 is 2.86 bits per heavy atom. The molecule has 0 bridgehead atoms. The molecule has 2 N–H and O–H groups in total. The molecule has 0 atom stereocenters. The number of ether oxygens (including phenoxy) is 1. The number of aromatic nitrogens is 2. The molecule has 0 aromatic carbocycles. The summed E-state index contributed by atoms with van der Waals surface area (Å²) in [5, 5.41) is 0. The lowest BCUT2D eigenvalue weighted by molar-refractivity contribution is 0.133. The Morgan fingerprint density at radius 1 is 1.29 bits per heavy atom. The number of nitrogens with zero attached hydrogens (tertiary/aromatic N) is 2. The summed E-state index contributed by atoms with van der Waals surface area (Å²) < 4.78 is 5.35. The van der Waals surface area contributed by atoms with Crippen LogP contribution in [0.5, 0.6) is 0 Å². The third-order valence-electron chi connectivity index (χ3n) is 2.82. The van der Waals surface area contributed by atoms with Crippen LogP contribution in [0.1, 0.15) is 41.5 Å². The molecule has 3 rings (SSSR count). The van der Waals surface area contributed by atoms with Crippen molar-refractivity contribution >= 4 is 0 Å².